The number of hydrogen-bond donors (Lipinski definition) is 2. The molecule has 1 fully saturated rings. The fraction of sp³-hybridized carbons (Fsp3) is 0.692. The van der Waals surface area contributed by atoms with Crippen LogP contribution >= 0.6 is 0 Å². The first kappa shape index (κ1) is 19.6. The van der Waals surface area contributed by atoms with Gasteiger partial charge in [-0.25, -0.2) is 4.79 Å². The molecule has 0 saturated carbocycles. The number of primary amides is 1. The Hall–Kier alpha value is -2.40. The Kier molecular flexibility index (Phi) is 6.92. The fourth-order valence-electron chi connectivity index (χ4n) is 2.15. The molecule has 0 aliphatic carbocycles. The third-order valence-corrected chi connectivity index (χ3v) is 2.92. The lowest BCUT2D eigenvalue weighted by Crippen LogP contribution is -2.62. The third kappa shape index (κ3) is 5.66. The SMILES string of the molecule is CC(=O)OC[C@H]1OC(O)[C@@H](OC(C)=O)[C@@H](OC(C)=O)[C@@H]1OC(N)=O. The van der Waals surface area contributed by atoms with Crippen molar-refractivity contribution in [1.29, 1.82) is 0 Å². The van der Waals surface area contributed by atoms with Crippen LogP contribution in [0.25, 0.3) is 0 Å². The number of esters is 3. The Bertz CT molecular complexity index is 507. The maximum absolute atomic E-state index is 11.3. The lowest BCUT2D eigenvalue weighted by molar-refractivity contribution is -0.292. The Morgan fingerprint density at radius 3 is 1.92 bits per heavy atom. The molecular weight excluding hydrogens is 330 g/mol. The highest BCUT2D eigenvalue weighted by atomic mass is 16.7. The Morgan fingerprint density at radius 2 is 1.46 bits per heavy atom. The first-order chi connectivity index (χ1) is 11.1. The molecule has 0 radical (unpaired) electrons. The zero-order chi connectivity index (χ0) is 18.4. The molecule has 11 nitrogen and oxygen atoms in total. The molecule has 0 aromatic heterocycles. The summed E-state index contributed by atoms with van der Waals surface area (Å²) in [5.41, 5.74) is 4.98. The number of carbonyl (C=O) groups is 4. The van der Waals surface area contributed by atoms with Crippen LogP contribution < -0.4 is 5.73 Å². The molecule has 1 amide bonds. The van der Waals surface area contributed by atoms with Gasteiger partial charge in [0.1, 0.15) is 12.7 Å². The van der Waals surface area contributed by atoms with Crippen molar-refractivity contribution in [1.82, 2.24) is 0 Å². The normalized spacial score (nSPS) is 29.2. The predicted octanol–water partition coefficient (Wildman–Crippen LogP) is -1.41. The van der Waals surface area contributed by atoms with Gasteiger partial charge in [0.05, 0.1) is 0 Å². The first-order valence-corrected chi connectivity index (χ1v) is 6.89. The average molecular weight is 349 g/mol. The lowest BCUT2D eigenvalue weighted by Gasteiger charge is -2.42. The summed E-state index contributed by atoms with van der Waals surface area (Å²) >= 11 is 0. The molecular formula is C13H19NO10. The van der Waals surface area contributed by atoms with Gasteiger partial charge in [0.2, 0.25) is 0 Å². The topological polar surface area (TPSA) is 161 Å². The molecule has 1 unspecified atom stereocenters. The van der Waals surface area contributed by atoms with E-state index in [0.29, 0.717) is 0 Å². The quantitative estimate of drug-likeness (QED) is 0.446. The van der Waals surface area contributed by atoms with Crippen LogP contribution in [0.2, 0.25) is 0 Å². The van der Waals surface area contributed by atoms with Crippen LogP contribution in [-0.2, 0) is 38.1 Å². The van der Waals surface area contributed by atoms with Crippen molar-refractivity contribution in [3.63, 3.8) is 0 Å². The van der Waals surface area contributed by atoms with E-state index in [1.807, 2.05) is 0 Å². The van der Waals surface area contributed by atoms with Crippen molar-refractivity contribution in [2.75, 3.05) is 6.61 Å². The van der Waals surface area contributed by atoms with Gasteiger partial charge in [-0.3, -0.25) is 14.4 Å². The molecule has 1 saturated heterocycles. The summed E-state index contributed by atoms with van der Waals surface area (Å²) in [6, 6.07) is 0. The van der Waals surface area contributed by atoms with Crippen molar-refractivity contribution in [2.24, 2.45) is 5.73 Å². The molecule has 0 bridgehead atoms. The highest BCUT2D eigenvalue weighted by Gasteiger charge is 2.51. The van der Waals surface area contributed by atoms with E-state index in [1.165, 1.54) is 0 Å². The summed E-state index contributed by atoms with van der Waals surface area (Å²) in [6.45, 7) is 2.84. The molecule has 0 aromatic carbocycles. The van der Waals surface area contributed by atoms with Gasteiger partial charge in [0.15, 0.2) is 24.6 Å². The number of rotatable bonds is 5. The summed E-state index contributed by atoms with van der Waals surface area (Å²) < 4.78 is 24.6. The molecule has 11 heteroatoms. The predicted molar refractivity (Wildman–Crippen MR) is 73.1 cm³/mol. The van der Waals surface area contributed by atoms with E-state index in [2.05, 4.69) is 0 Å². The number of amides is 1. The Balaban J connectivity index is 3.11. The highest BCUT2D eigenvalue weighted by Crippen LogP contribution is 2.27. The molecule has 1 aliphatic rings. The molecule has 24 heavy (non-hydrogen) atoms. The molecule has 3 N–H and O–H groups in total. The van der Waals surface area contributed by atoms with E-state index in [-0.39, 0.29) is 0 Å². The maximum Gasteiger partial charge on any atom is 0.405 e. The van der Waals surface area contributed by atoms with Gasteiger partial charge in [-0.1, -0.05) is 0 Å². The Labute approximate surface area is 136 Å². The number of ether oxygens (including phenoxy) is 5. The zero-order valence-electron chi connectivity index (χ0n) is 13.3. The van der Waals surface area contributed by atoms with Gasteiger partial charge >= 0.3 is 24.0 Å². The first-order valence-electron chi connectivity index (χ1n) is 6.89. The van der Waals surface area contributed by atoms with Crippen molar-refractivity contribution in [2.45, 2.75) is 51.5 Å². The lowest BCUT2D eigenvalue weighted by atomic mass is 9.98. The van der Waals surface area contributed by atoms with Crippen LogP contribution in [0.3, 0.4) is 0 Å². The van der Waals surface area contributed by atoms with Crippen LogP contribution in [0.5, 0.6) is 0 Å². The minimum Gasteiger partial charge on any atom is -0.463 e. The van der Waals surface area contributed by atoms with E-state index < -0.39 is 61.3 Å². The number of hydrogen-bond acceptors (Lipinski definition) is 10. The van der Waals surface area contributed by atoms with Gasteiger partial charge in [-0.2, -0.15) is 0 Å². The molecule has 0 spiro atoms. The second-order valence-electron chi connectivity index (χ2n) is 4.92. The molecule has 0 aromatic rings. The number of carbonyl (C=O) groups excluding carboxylic acids is 4. The van der Waals surface area contributed by atoms with Gasteiger partial charge in [0, 0.05) is 20.8 Å². The molecule has 1 rings (SSSR count). The van der Waals surface area contributed by atoms with Crippen molar-refractivity contribution >= 4 is 24.0 Å². The van der Waals surface area contributed by atoms with E-state index in [1.54, 1.807) is 0 Å². The largest absolute Gasteiger partial charge is 0.463 e. The van der Waals surface area contributed by atoms with Crippen LogP contribution in [0.4, 0.5) is 4.79 Å². The minimum absolute atomic E-state index is 0.422. The van der Waals surface area contributed by atoms with Crippen molar-refractivity contribution < 1.29 is 48.0 Å². The van der Waals surface area contributed by atoms with Crippen LogP contribution in [0.1, 0.15) is 20.8 Å². The molecule has 136 valence electrons. The minimum atomic E-state index is -1.72. The van der Waals surface area contributed by atoms with Gasteiger partial charge < -0.3 is 34.5 Å². The average Bonchev–Trinajstić information content (AvgIpc) is 2.42. The van der Waals surface area contributed by atoms with E-state index in [4.69, 9.17) is 29.4 Å². The summed E-state index contributed by atoms with van der Waals surface area (Å²) in [5, 5.41) is 9.99. The maximum atomic E-state index is 11.3. The van der Waals surface area contributed by atoms with Crippen molar-refractivity contribution in [3.8, 4) is 0 Å². The second kappa shape index (κ2) is 8.45. The van der Waals surface area contributed by atoms with E-state index in [0.717, 1.165) is 20.8 Å². The zero-order valence-corrected chi connectivity index (χ0v) is 13.3. The smallest absolute Gasteiger partial charge is 0.405 e. The summed E-state index contributed by atoms with van der Waals surface area (Å²) in [6.07, 6.45) is -8.41. The molecule has 5 atom stereocenters. The monoisotopic (exact) mass is 349 g/mol. The van der Waals surface area contributed by atoms with Gasteiger partial charge in [-0.05, 0) is 0 Å². The van der Waals surface area contributed by atoms with Gasteiger partial charge in [-0.15, -0.1) is 0 Å². The second-order valence-corrected chi connectivity index (χ2v) is 4.92. The fourth-order valence-corrected chi connectivity index (χ4v) is 2.15. The summed E-state index contributed by atoms with van der Waals surface area (Å²) in [4.78, 5) is 44.6. The van der Waals surface area contributed by atoms with Crippen LogP contribution in [0.15, 0.2) is 0 Å². The van der Waals surface area contributed by atoms with Crippen LogP contribution in [0, 0.1) is 0 Å². The molecule has 1 aliphatic heterocycles. The summed E-state index contributed by atoms with van der Waals surface area (Å²) in [5.74, 6) is -2.25. The number of aliphatic hydroxyl groups excluding tert-OH is 1. The van der Waals surface area contributed by atoms with E-state index >= 15 is 0 Å². The number of aliphatic hydroxyl groups is 1. The van der Waals surface area contributed by atoms with Gasteiger partial charge in [0.25, 0.3) is 0 Å². The highest BCUT2D eigenvalue weighted by molar-refractivity contribution is 5.68. The van der Waals surface area contributed by atoms with Crippen molar-refractivity contribution in [3.05, 3.63) is 0 Å². The Morgan fingerprint density at radius 1 is 0.917 bits per heavy atom. The summed E-state index contributed by atoms with van der Waals surface area (Å²) in [7, 11) is 0. The third-order valence-electron chi connectivity index (χ3n) is 2.92. The standard InChI is InChI=1S/C13H19NO10/c1-5(15)20-4-8-9(24-13(14)19)10(21-6(2)16)11(12(18)23-8)22-7(3)17/h8-12,18H,4H2,1-3H3,(H2,14,19)/t8-,9-,10+,11+,12?/m1/s1. The van der Waals surface area contributed by atoms with E-state index in [9.17, 15) is 24.3 Å². The number of nitrogens with two attached hydrogens (primary N) is 1. The van der Waals surface area contributed by atoms with Crippen LogP contribution in [-0.4, -0.2) is 66.4 Å². The molecule has 1 heterocycles.